The highest BCUT2D eigenvalue weighted by atomic mass is 35.5. The standard InChI is InChI=1S/C8H8ClNO2/c9-4-5-1-2-6(8(10)12)7(11)3-5/h1-3,11H,4H2,(H2,10,12)/p+1. The second kappa shape index (κ2) is 3.56. The van der Waals surface area contributed by atoms with Crippen molar-refractivity contribution in [1.29, 1.82) is 0 Å². The summed E-state index contributed by atoms with van der Waals surface area (Å²) in [4.78, 5) is 10.8. The Morgan fingerprint density at radius 3 is 2.67 bits per heavy atom. The first kappa shape index (κ1) is 9.03. The molecule has 4 heteroatoms. The monoisotopic (exact) mass is 186 g/mol. The molecular weight excluding hydrogens is 178 g/mol. The summed E-state index contributed by atoms with van der Waals surface area (Å²) >= 11 is 5.52. The van der Waals surface area contributed by atoms with E-state index in [9.17, 15) is 9.90 Å². The molecule has 0 unspecified atom stereocenters. The van der Waals surface area contributed by atoms with E-state index >= 15 is 0 Å². The first-order valence-electron chi connectivity index (χ1n) is 3.39. The van der Waals surface area contributed by atoms with Crippen LogP contribution in [0.15, 0.2) is 18.2 Å². The SMILES string of the molecule is [NH3+]C(=O)c1ccc(CCl)cc1O. The molecule has 1 aromatic rings. The molecular formula is C8H9ClNO2+. The number of hydrogen-bond donors (Lipinski definition) is 2. The van der Waals surface area contributed by atoms with E-state index in [0.717, 1.165) is 5.56 Å². The van der Waals surface area contributed by atoms with Crippen molar-refractivity contribution in [3.63, 3.8) is 0 Å². The minimum absolute atomic E-state index is 0.0619. The van der Waals surface area contributed by atoms with Crippen molar-refractivity contribution >= 4 is 17.5 Å². The molecule has 0 atom stereocenters. The number of quaternary nitrogens is 1. The fourth-order valence-electron chi connectivity index (χ4n) is 0.896. The third-order valence-corrected chi connectivity index (χ3v) is 1.83. The van der Waals surface area contributed by atoms with Crippen molar-refractivity contribution in [1.82, 2.24) is 0 Å². The van der Waals surface area contributed by atoms with Gasteiger partial charge in [0.15, 0.2) is 0 Å². The molecule has 0 saturated heterocycles. The molecule has 1 rings (SSSR count). The zero-order valence-corrected chi connectivity index (χ0v) is 7.14. The Hall–Kier alpha value is -1.06. The van der Waals surface area contributed by atoms with Gasteiger partial charge in [0, 0.05) is 5.88 Å². The number of carbonyl (C=O) groups excluding carboxylic acids is 1. The lowest BCUT2D eigenvalue weighted by molar-refractivity contribution is -0.255. The van der Waals surface area contributed by atoms with E-state index < -0.39 is 5.91 Å². The van der Waals surface area contributed by atoms with Gasteiger partial charge in [0.1, 0.15) is 11.3 Å². The summed E-state index contributed by atoms with van der Waals surface area (Å²) in [5, 5.41) is 9.27. The Labute approximate surface area is 74.8 Å². The molecule has 0 fully saturated rings. The molecule has 0 heterocycles. The molecule has 0 bridgehead atoms. The summed E-state index contributed by atoms with van der Waals surface area (Å²) in [7, 11) is 0. The summed E-state index contributed by atoms with van der Waals surface area (Å²) in [6.07, 6.45) is 0. The Balaban J connectivity index is 3.12. The van der Waals surface area contributed by atoms with Crippen LogP contribution in [0.5, 0.6) is 5.75 Å². The number of aromatic hydroxyl groups is 1. The van der Waals surface area contributed by atoms with E-state index in [1.165, 1.54) is 12.1 Å². The van der Waals surface area contributed by atoms with Crippen LogP contribution < -0.4 is 5.73 Å². The number of halogens is 1. The van der Waals surface area contributed by atoms with E-state index in [4.69, 9.17) is 11.6 Å². The lowest BCUT2D eigenvalue weighted by Gasteiger charge is -1.99. The molecule has 64 valence electrons. The molecule has 0 aliphatic rings. The average molecular weight is 187 g/mol. The van der Waals surface area contributed by atoms with E-state index in [1.807, 2.05) is 0 Å². The van der Waals surface area contributed by atoms with E-state index in [0.29, 0.717) is 5.88 Å². The fourth-order valence-corrected chi connectivity index (χ4v) is 1.06. The van der Waals surface area contributed by atoms with Crippen molar-refractivity contribution in [2.24, 2.45) is 0 Å². The number of alkyl halides is 1. The molecule has 4 N–H and O–H groups in total. The topological polar surface area (TPSA) is 64.9 Å². The third kappa shape index (κ3) is 1.75. The molecule has 0 radical (unpaired) electrons. The second-order valence-corrected chi connectivity index (χ2v) is 2.68. The van der Waals surface area contributed by atoms with Gasteiger partial charge in [-0.3, -0.25) is 5.73 Å². The molecule has 1 amide bonds. The van der Waals surface area contributed by atoms with E-state index in [-0.39, 0.29) is 11.3 Å². The van der Waals surface area contributed by atoms with Crippen LogP contribution in [0.3, 0.4) is 0 Å². The van der Waals surface area contributed by atoms with Crippen LogP contribution in [-0.4, -0.2) is 11.0 Å². The molecule has 12 heavy (non-hydrogen) atoms. The Bertz CT molecular complexity index is 312. The average Bonchev–Trinajstić information content (AvgIpc) is 2.03. The molecule has 0 spiro atoms. The molecule has 0 aliphatic heterocycles. The predicted molar refractivity (Wildman–Crippen MR) is 44.9 cm³/mol. The lowest BCUT2D eigenvalue weighted by atomic mass is 10.1. The number of amides is 1. The largest absolute Gasteiger partial charge is 0.507 e. The third-order valence-electron chi connectivity index (χ3n) is 1.52. The van der Waals surface area contributed by atoms with Gasteiger partial charge in [-0.2, -0.15) is 0 Å². The van der Waals surface area contributed by atoms with Crippen molar-refractivity contribution in [3.05, 3.63) is 29.3 Å². The van der Waals surface area contributed by atoms with Gasteiger partial charge in [-0.1, -0.05) is 6.07 Å². The van der Waals surface area contributed by atoms with Crippen molar-refractivity contribution in [2.45, 2.75) is 5.88 Å². The van der Waals surface area contributed by atoms with Crippen LogP contribution in [-0.2, 0) is 5.88 Å². The fraction of sp³-hybridized carbons (Fsp3) is 0.125. The second-order valence-electron chi connectivity index (χ2n) is 2.41. The summed E-state index contributed by atoms with van der Waals surface area (Å²) < 4.78 is 0. The number of carbonyl (C=O) groups is 1. The number of phenols is 1. The number of benzene rings is 1. The van der Waals surface area contributed by atoms with E-state index in [2.05, 4.69) is 5.73 Å². The maximum absolute atomic E-state index is 10.8. The maximum atomic E-state index is 10.8. The Morgan fingerprint density at radius 1 is 1.58 bits per heavy atom. The van der Waals surface area contributed by atoms with Crippen LogP contribution >= 0.6 is 11.6 Å². The first-order chi connectivity index (χ1) is 5.65. The smallest absolute Gasteiger partial charge is 0.344 e. The van der Waals surface area contributed by atoms with Gasteiger partial charge in [0.05, 0.1) is 0 Å². The summed E-state index contributed by atoms with van der Waals surface area (Å²) in [5.74, 6) is -0.138. The van der Waals surface area contributed by atoms with Gasteiger partial charge in [-0.15, -0.1) is 11.6 Å². The van der Waals surface area contributed by atoms with Gasteiger partial charge in [-0.25, -0.2) is 4.79 Å². The van der Waals surface area contributed by atoms with Crippen molar-refractivity contribution in [3.8, 4) is 5.75 Å². The summed E-state index contributed by atoms with van der Waals surface area (Å²) in [6.45, 7) is 0. The van der Waals surface area contributed by atoms with Gasteiger partial charge in [0.2, 0.25) is 0 Å². The van der Waals surface area contributed by atoms with Crippen LogP contribution in [0.4, 0.5) is 0 Å². The molecule has 0 saturated carbocycles. The van der Waals surface area contributed by atoms with Gasteiger partial charge in [-0.05, 0) is 17.7 Å². The first-order valence-corrected chi connectivity index (χ1v) is 3.92. The van der Waals surface area contributed by atoms with Crippen molar-refractivity contribution < 1.29 is 15.6 Å². The normalized spacial score (nSPS) is 9.83. The minimum Gasteiger partial charge on any atom is -0.507 e. The zero-order valence-electron chi connectivity index (χ0n) is 6.38. The number of phenolic OH excluding ortho intramolecular Hbond substituents is 1. The Kier molecular flexibility index (Phi) is 2.68. The van der Waals surface area contributed by atoms with Gasteiger partial charge >= 0.3 is 5.91 Å². The van der Waals surface area contributed by atoms with Crippen LogP contribution in [0.2, 0.25) is 0 Å². The lowest BCUT2D eigenvalue weighted by Crippen LogP contribution is -2.56. The molecule has 3 nitrogen and oxygen atoms in total. The van der Waals surface area contributed by atoms with Crippen molar-refractivity contribution in [2.75, 3.05) is 0 Å². The predicted octanol–water partition coefficient (Wildman–Crippen LogP) is 0.513. The summed E-state index contributed by atoms with van der Waals surface area (Å²) in [5.41, 5.74) is 4.20. The highest BCUT2D eigenvalue weighted by Crippen LogP contribution is 2.18. The van der Waals surface area contributed by atoms with Crippen LogP contribution in [0.1, 0.15) is 15.9 Å². The molecule has 1 aromatic carbocycles. The van der Waals surface area contributed by atoms with Crippen LogP contribution in [0.25, 0.3) is 0 Å². The molecule has 0 aromatic heterocycles. The van der Waals surface area contributed by atoms with Gasteiger partial charge in [0.25, 0.3) is 0 Å². The molecule has 0 aliphatic carbocycles. The quantitative estimate of drug-likeness (QED) is 0.662. The maximum Gasteiger partial charge on any atom is 0.344 e. The van der Waals surface area contributed by atoms with E-state index in [1.54, 1.807) is 6.07 Å². The number of rotatable bonds is 2. The highest BCUT2D eigenvalue weighted by Gasteiger charge is 2.09. The van der Waals surface area contributed by atoms with Gasteiger partial charge < -0.3 is 5.11 Å². The minimum atomic E-state index is -0.395. The van der Waals surface area contributed by atoms with Crippen LogP contribution in [0, 0.1) is 0 Å². The Morgan fingerprint density at radius 2 is 2.25 bits per heavy atom. The summed E-state index contributed by atoms with van der Waals surface area (Å²) in [6, 6.07) is 4.67. The highest BCUT2D eigenvalue weighted by molar-refractivity contribution is 6.17. The zero-order chi connectivity index (χ0) is 9.14. The number of hydrogen-bond acceptors (Lipinski definition) is 2.